The molecular weight excluding hydrogens is 136 g/mol. The van der Waals surface area contributed by atoms with Crippen molar-refractivity contribution in [1.82, 2.24) is 5.43 Å². The van der Waals surface area contributed by atoms with Crippen molar-refractivity contribution in [3.8, 4) is 0 Å². The van der Waals surface area contributed by atoms with Crippen LogP contribution in [0.4, 0.5) is 0 Å². The largest absolute Gasteiger partial charge is 0.375 e. The molecule has 0 amide bonds. The van der Waals surface area contributed by atoms with Crippen LogP contribution in [-0.4, -0.2) is 17.4 Å². The molecule has 0 aromatic rings. The molecule has 52 valence electrons. The summed E-state index contributed by atoms with van der Waals surface area (Å²) in [4.78, 5) is 0. The van der Waals surface area contributed by atoms with Crippen molar-refractivity contribution in [3.63, 3.8) is 0 Å². The van der Waals surface area contributed by atoms with Crippen LogP contribution in [0.2, 0.25) is 0 Å². The summed E-state index contributed by atoms with van der Waals surface area (Å²) in [7, 11) is 0. The minimum atomic E-state index is -0.0770. The van der Waals surface area contributed by atoms with E-state index in [1.807, 2.05) is 0 Å². The van der Waals surface area contributed by atoms with E-state index < -0.39 is 0 Å². The van der Waals surface area contributed by atoms with Gasteiger partial charge in [0, 0.05) is 12.3 Å². The number of nitrogens with two attached hydrogens (primary N) is 2. The Bertz CT molecular complexity index is 120. The van der Waals surface area contributed by atoms with E-state index in [9.17, 15) is 0 Å². The average molecular weight is 146 g/mol. The lowest BCUT2D eigenvalue weighted by atomic mass is 10.4. The molecule has 1 unspecified atom stereocenters. The van der Waals surface area contributed by atoms with Gasteiger partial charge in [0.25, 0.3) is 0 Å². The predicted octanol–water partition coefficient (Wildman–Crippen LogP) is -0.847. The van der Waals surface area contributed by atoms with Crippen LogP contribution < -0.4 is 16.9 Å². The lowest BCUT2D eigenvalue weighted by Gasteiger charge is -1.94. The number of hydrogen-bond acceptors (Lipinski definition) is 3. The lowest BCUT2D eigenvalue weighted by molar-refractivity contribution is 0.954. The maximum absolute atomic E-state index is 5.31. The van der Waals surface area contributed by atoms with Crippen LogP contribution in [0.5, 0.6) is 0 Å². The summed E-state index contributed by atoms with van der Waals surface area (Å²) in [5.74, 6) is 0. The maximum Gasteiger partial charge on any atom is 0.184 e. The molecule has 0 bridgehead atoms. The van der Waals surface area contributed by atoms with Gasteiger partial charge in [-0.1, -0.05) is 0 Å². The van der Waals surface area contributed by atoms with E-state index in [0.29, 0.717) is 0 Å². The van der Waals surface area contributed by atoms with Crippen LogP contribution in [0.3, 0.4) is 0 Å². The van der Waals surface area contributed by atoms with Gasteiger partial charge < -0.3 is 11.5 Å². The highest BCUT2D eigenvalue weighted by molar-refractivity contribution is 7.80. The molecule has 0 fully saturated rings. The standard InChI is InChI=1S/C4H10N4S/c1-3(5)2-7-8-4(6)9/h2-3H,5H2,1H3,(H3,6,8,9)/b7-2+. The number of nitrogens with zero attached hydrogens (tertiary/aromatic N) is 1. The van der Waals surface area contributed by atoms with Gasteiger partial charge in [-0.05, 0) is 19.1 Å². The molecule has 0 spiro atoms. The second-order valence-corrected chi connectivity index (χ2v) is 2.05. The second kappa shape index (κ2) is 4.22. The van der Waals surface area contributed by atoms with E-state index >= 15 is 0 Å². The SMILES string of the molecule is CC(N)/C=N/NC(N)=S. The van der Waals surface area contributed by atoms with Gasteiger partial charge in [-0.25, -0.2) is 0 Å². The van der Waals surface area contributed by atoms with E-state index in [1.165, 1.54) is 6.21 Å². The molecule has 0 aliphatic carbocycles. The van der Waals surface area contributed by atoms with Gasteiger partial charge in [0.2, 0.25) is 0 Å². The Kier molecular flexibility index (Phi) is 3.90. The molecule has 5 N–H and O–H groups in total. The maximum atomic E-state index is 5.31. The lowest BCUT2D eigenvalue weighted by Crippen LogP contribution is -2.26. The average Bonchev–Trinajstić information content (AvgIpc) is 1.63. The summed E-state index contributed by atoms with van der Waals surface area (Å²) in [6.45, 7) is 1.80. The molecule has 0 aromatic heterocycles. The van der Waals surface area contributed by atoms with E-state index in [2.05, 4.69) is 22.7 Å². The Hall–Kier alpha value is -0.680. The molecule has 4 nitrogen and oxygen atoms in total. The van der Waals surface area contributed by atoms with E-state index in [0.717, 1.165) is 0 Å². The zero-order chi connectivity index (χ0) is 7.28. The number of thiocarbonyl (C=S) groups is 1. The highest BCUT2D eigenvalue weighted by atomic mass is 32.1. The van der Waals surface area contributed by atoms with E-state index in [-0.39, 0.29) is 11.2 Å². The number of hydrazone groups is 1. The Labute approximate surface area is 59.3 Å². The molecule has 0 rings (SSSR count). The first-order valence-corrected chi connectivity index (χ1v) is 2.88. The molecule has 9 heavy (non-hydrogen) atoms. The molecule has 0 aliphatic rings. The van der Waals surface area contributed by atoms with Gasteiger partial charge in [-0.3, -0.25) is 5.43 Å². The molecule has 1 atom stereocenters. The van der Waals surface area contributed by atoms with Crippen LogP contribution in [0.15, 0.2) is 5.10 Å². The predicted molar refractivity (Wildman–Crippen MR) is 42.1 cm³/mol. The quantitative estimate of drug-likeness (QED) is 0.269. The normalized spacial score (nSPS) is 13.6. The van der Waals surface area contributed by atoms with Gasteiger partial charge in [-0.15, -0.1) is 0 Å². The van der Waals surface area contributed by atoms with Gasteiger partial charge in [0.1, 0.15) is 0 Å². The smallest absolute Gasteiger partial charge is 0.184 e. The van der Waals surface area contributed by atoms with Crippen molar-refractivity contribution >= 4 is 23.5 Å². The van der Waals surface area contributed by atoms with E-state index in [1.54, 1.807) is 6.92 Å². The van der Waals surface area contributed by atoms with Crippen LogP contribution in [-0.2, 0) is 0 Å². The minimum absolute atomic E-state index is 0.0770. The zero-order valence-corrected chi connectivity index (χ0v) is 5.98. The van der Waals surface area contributed by atoms with Crippen molar-refractivity contribution in [3.05, 3.63) is 0 Å². The molecule has 0 saturated carbocycles. The van der Waals surface area contributed by atoms with Crippen molar-refractivity contribution in [2.75, 3.05) is 0 Å². The fourth-order valence-electron chi connectivity index (χ4n) is 0.218. The van der Waals surface area contributed by atoms with Crippen molar-refractivity contribution in [2.24, 2.45) is 16.6 Å². The summed E-state index contributed by atoms with van der Waals surface area (Å²) < 4.78 is 0. The molecule has 0 aromatic carbocycles. The van der Waals surface area contributed by atoms with Crippen LogP contribution in [0, 0.1) is 0 Å². The highest BCUT2D eigenvalue weighted by Crippen LogP contribution is 1.65. The van der Waals surface area contributed by atoms with Gasteiger partial charge in [0.15, 0.2) is 5.11 Å². The number of hydrogen-bond donors (Lipinski definition) is 3. The summed E-state index contributed by atoms with van der Waals surface area (Å²) in [5, 5.41) is 3.75. The fourth-order valence-corrected chi connectivity index (χ4v) is 0.271. The van der Waals surface area contributed by atoms with Crippen LogP contribution in [0.1, 0.15) is 6.92 Å². The van der Waals surface area contributed by atoms with Crippen molar-refractivity contribution in [1.29, 1.82) is 0 Å². The molecule has 0 heterocycles. The summed E-state index contributed by atoms with van der Waals surface area (Å²) >= 11 is 4.46. The Balaban J connectivity index is 3.36. The summed E-state index contributed by atoms with van der Waals surface area (Å²) in [5.41, 5.74) is 12.7. The van der Waals surface area contributed by atoms with Crippen LogP contribution >= 0.6 is 12.2 Å². The Morgan fingerprint density at radius 3 is 2.78 bits per heavy atom. The third-order valence-corrected chi connectivity index (χ3v) is 0.576. The molecule has 5 heteroatoms. The summed E-state index contributed by atoms with van der Waals surface area (Å²) in [6, 6.07) is -0.0770. The topological polar surface area (TPSA) is 76.4 Å². The first-order chi connectivity index (χ1) is 4.13. The molecule has 0 saturated heterocycles. The Morgan fingerprint density at radius 1 is 1.89 bits per heavy atom. The van der Waals surface area contributed by atoms with E-state index in [4.69, 9.17) is 11.5 Å². The van der Waals surface area contributed by atoms with Gasteiger partial charge in [-0.2, -0.15) is 5.10 Å². The highest BCUT2D eigenvalue weighted by Gasteiger charge is 1.83. The first kappa shape index (κ1) is 8.32. The number of nitrogens with one attached hydrogen (secondary N) is 1. The van der Waals surface area contributed by atoms with Crippen molar-refractivity contribution < 1.29 is 0 Å². The second-order valence-electron chi connectivity index (χ2n) is 1.61. The minimum Gasteiger partial charge on any atom is -0.375 e. The Morgan fingerprint density at radius 2 is 2.44 bits per heavy atom. The third-order valence-electron chi connectivity index (χ3n) is 0.484. The van der Waals surface area contributed by atoms with Crippen molar-refractivity contribution in [2.45, 2.75) is 13.0 Å². The fraction of sp³-hybridized carbons (Fsp3) is 0.500. The molecule has 0 aliphatic heterocycles. The van der Waals surface area contributed by atoms with Crippen LogP contribution in [0.25, 0.3) is 0 Å². The first-order valence-electron chi connectivity index (χ1n) is 2.47. The molecule has 0 radical (unpaired) electrons. The monoisotopic (exact) mass is 146 g/mol. The third kappa shape index (κ3) is 7.32. The van der Waals surface area contributed by atoms with Gasteiger partial charge in [0.05, 0.1) is 0 Å². The zero-order valence-electron chi connectivity index (χ0n) is 5.16. The molecular formula is C4H10N4S. The summed E-state index contributed by atoms with van der Waals surface area (Å²) in [6.07, 6.45) is 1.51. The number of rotatable bonds is 2. The van der Waals surface area contributed by atoms with Gasteiger partial charge >= 0.3 is 0 Å².